The van der Waals surface area contributed by atoms with Gasteiger partial charge in [-0.15, -0.1) is 11.3 Å². The van der Waals surface area contributed by atoms with Crippen molar-refractivity contribution < 1.29 is 22.7 Å². The molecule has 9 heteroatoms. The number of amides is 1. The Morgan fingerprint density at radius 3 is 2.57 bits per heavy atom. The number of sulfonamides is 1. The molecule has 1 N–H and O–H groups in total. The first kappa shape index (κ1) is 22.3. The first-order valence-corrected chi connectivity index (χ1v) is 12.4. The Hall–Kier alpha value is -2.39. The third kappa shape index (κ3) is 4.67. The Morgan fingerprint density at radius 1 is 1.20 bits per heavy atom. The lowest BCUT2D eigenvalue weighted by Crippen LogP contribution is -2.37. The molecule has 7 nitrogen and oxygen atoms in total. The minimum absolute atomic E-state index is 0.242. The molecule has 1 aliphatic rings. The van der Waals surface area contributed by atoms with Crippen molar-refractivity contribution in [1.29, 1.82) is 0 Å². The standard InChI is InChI=1S/C21H26N2O5S2/c1-5-28-21(25)19-16-7-6-8-17(16)29-20(19)22-18(24)12-23(30(4,26)27)15-10-9-13(2)14(3)11-15/h9-11H,5-8,12H2,1-4H3,(H,22,24). The van der Waals surface area contributed by atoms with Crippen molar-refractivity contribution in [2.45, 2.75) is 40.0 Å². The van der Waals surface area contributed by atoms with Gasteiger partial charge >= 0.3 is 5.97 Å². The largest absolute Gasteiger partial charge is 0.462 e. The molecular weight excluding hydrogens is 424 g/mol. The predicted octanol–water partition coefficient (Wildman–Crippen LogP) is 3.44. The Balaban J connectivity index is 1.86. The van der Waals surface area contributed by atoms with Crippen molar-refractivity contribution >= 4 is 43.9 Å². The van der Waals surface area contributed by atoms with E-state index in [4.69, 9.17) is 4.74 Å². The molecule has 3 rings (SSSR count). The van der Waals surface area contributed by atoms with Gasteiger partial charge < -0.3 is 10.1 Å². The van der Waals surface area contributed by atoms with Crippen LogP contribution in [0.1, 0.15) is 45.3 Å². The molecule has 2 aromatic rings. The maximum Gasteiger partial charge on any atom is 0.341 e. The van der Waals surface area contributed by atoms with E-state index in [2.05, 4.69) is 5.32 Å². The van der Waals surface area contributed by atoms with Crippen molar-refractivity contribution in [1.82, 2.24) is 0 Å². The van der Waals surface area contributed by atoms with Gasteiger partial charge in [0.2, 0.25) is 15.9 Å². The van der Waals surface area contributed by atoms with Crippen LogP contribution in [0.5, 0.6) is 0 Å². The Kier molecular flexibility index (Phi) is 6.52. The molecule has 30 heavy (non-hydrogen) atoms. The third-order valence-corrected chi connectivity index (χ3v) is 7.47. The Bertz CT molecular complexity index is 1090. The number of aryl methyl sites for hydroxylation is 3. The summed E-state index contributed by atoms with van der Waals surface area (Å²) in [7, 11) is -3.68. The van der Waals surface area contributed by atoms with E-state index >= 15 is 0 Å². The number of fused-ring (bicyclic) bond motifs is 1. The van der Waals surface area contributed by atoms with Crippen LogP contribution in [-0.2, 0) is 32.4 Å². The Morgan fingerprint density at radius 2 is 1.93 bits per heavy atom. The Labute approximate surface area is 181 Å². The van der Waals surface area contributed by atoms with E-state index < -0.39 is 21.9 Å². The lowest BCUT2D eigenvalue weighted by Gasteiger charge is -2.22. The monoisotopic (exact) mass is 450 g/mol. The summed E-state index contributed by atoms with van der Waals surface area (Å²) in [4.78, 5) is 26.3. The molecule has 0 fully saturated rings. The van der Waals surface area contributed by atoms with E-state index in [-0.39, 0.29) is 13.2 Å². The highest BCUT2D eigenvalue weighted by atomic mass is 32.2. The van der Waals surface area contributed by atoms with Crippen LogP contribution < -0.4 is 9.62 Å². The summed E-state index contributed by atoms with van der Waals surface area (Å²) in [5.74, 6) is -0.967. The van der Waals surface area contributed by atoms with Crippen LogP contribution in [0, 0.1) is 13.8 Å². The SMILES string of the molecule is CCOC(=O)c1c(NC(=O)CN(c2ccc(C)c(C)c2)S(C)(=O)=O)sc2c1CCC2. The molecule has 0 unspecified atom stereocenters. The number of benzene rings is 1. The van der Waals surface area contributed by atoms with E-state index in [0.717, 1.165) is 51.4 Å². The number of esters is 1. The molecule has 0 saturated heterocycles. The van der Waals surface area contributed by atoms with Gasteiger partial charge in [0, 0.05) is 4.88 Å². The number of carbonyl (C=O) groups is 2. The van der Waals surface area contributed by atoms with Gasteiger partial charge in [-0.3, -0.25) is 9.10 Å². The summed E-state index contributed by atoms with van der Waals surface area (Å²) >= 11 is 1.37. The van der Waals surface area contributed by atoms with Gasteiger partial charge in [0.15, 0.2) is 0 Å². The quantitative estimate of drug-likeness (QED) is 0.653. The lowest BCUT2D eigenvalue weighted by molar-refractivity contribution is -0.114. The van der Waals surface area contributed by atoms with Crippen LogP contribution in [0.25, 0.3) is 0 Å². The third-order valence-electron chi connectivity index (χ3n) is 5.12. The number of hydrogen-bond donors (Lipinski definition) is 1. The van der Waals surface area contributed by atoms with Crippen molar-refractivity contribution in [3.63, 3.8) is 0 Å². The summed E-state index contributed by atoms with van der Waals surface area (Å²) in [6.07, 6.45) is 3.67. The second-order valence-electron chi connectivity index (χ2n) is 7.37. The molecule has 1 aromatic carbocycles. The number of nitrogens with zero attached hydrogens (tertiary/aromatic N) is 1. The number of carbonyl (C=O) groups excluding carboxylic acids is 2. The molecule has 0 bridgehead atoms. The average Bonchev–Trinajstić information content (AvgIpc) is 3.22. The number of nitrogens with one attached hydrogen (secondary N) is 1. The van der Waals surface area contributed by atoms with Crippen LogP contribution in [0.15, 0.2) is 18.2 Å². The predicted molar refractivity (Wildman–Crippen MR) is 119 cm³/mol. The van der Waals surface area contributed by atoms with E-state index in [1.165, 1.54) is 11.3 Å². The summed E-state index contributed by atoms with van der Waals surface area (Å²) in [5, 5.41) is 3.18. The van der Waals surface area contributed by atoms with Crippen molar-refractivity contribution in [3.8, 4) is 0 Å². The van der Waals surface area contributed by atoms with E-state index in [1.807, 2.05) is 19.9 Å². The van der Waals surface area contributed by atoms with E-state index in [1.54, 1.807) is 19.1 Å². The zero-order valence-corrected chi connectivity index (χ0v) is 19.2. The molecular formula is C21H26N2O5S2. The fraction of sp³-hybridized carbons (Fsp3) is 0.429. The van der Waals surface area contributed by atoms with Gasteiger partial charge in [0.1, 0.15) is 11.5 Å². The fourth-order valence-corrected chi connectivity index (χ4v) is 5.63. The minimum atomic E-state index is -3.68. The molecule has 162 valence electrons. The van der Waals surface area contributed by atoms with E-state index in [9.17, 15) is 18.0 Å². The van der Waals surface area contributed by atoms with Crippen molar-refractivity contribution in [2.24, 2.45) is 0 Å². The average molecular weight is 451 g/mol. The zero-order chi connectivity index (χ0) is 22.1. The molecule has 1 aliphatic carbocycles. The van der Waals surface area contributed by atoms with Crippen LogP contribution >= 0.6 is 11.3 Å². The van der Waals surface area contributed by atoms with Gasteiger partial charge in [0.05, 0.1) is 24.1 Å². The lowest BCUT2D eigenvalue weighted by atomic mass is 10.1. The second kappa shape index (κ2) is 8.77. The molecule has 0 atom stereocenters. The van der Waals surface area contributed by atoms with Crippen LogP contribution in [0.2, 0.25) is 0 Å². The van der Waals surface area contributed by atoms with Gasteiger partial charge in [-0.05, 0) is 68.9 Å². The summed E-state index contributed by atoms with van der Waals surface area (Å²) in [5.41, 5.74) is 3.72. The number of rotatable bonds is 7. The van der Waals surface area contributed by atoms with Crippen molar-refractivity contribution in [2.75, 3.05) is 29.0 Å². The highest BCUT2D eigenvalue weighted by Gasteiger charge is 2.29. The molecule has 0 spiro atoms. The minimum Gasteiger partial charge on any atom is -0.462 e. The highest BCUT2D eigenvalue weighted by molar-refractivity contribution is 7.92. The first-order chi connectivity index (χ1) is 14.1. The second-order valence-corrected chi connectivity index (χ2v) is 10.4. The molecule has 0 radical (unpaired) electrons. The summed E-state index contributed by atoms with van der Waals surface area (Å²) in [6, 6.07) is 5.25. The molecule has 0 aliphatic heterocycles. The summed E-state index contributed by atoms with van der Waals surface area (Å²) < 4.78 is 31.0. The fourth-order valence-electron chi connectivity index (χ4n) is 3.49. The normalized spacial score (nSPS) is 13.1. The van der Waals surface area contributed by atoms with E-state index in [0.29, 0.717) is 16.3 Å². The maximum atomic E-state index is 12.8. The number of ether oxygens (including phenoxy) is 1. The van der Waals surface area contributed by atoms with Gasteiger partial charge in [-0.25, -0.2) is 13.2 Å². The summed E-state index contributed by atoms with van der Waals surface area (Å²) in [6.45, 7) is 5.41. The van der Waals surface area contributed by atoms with Gasteiger partial charge in [0.25, 0.3) is 0 Å². The number of hydrogen-bond acceptors (Lipinski definition) is 6. The van der Waals surface area contributed by atoms with Crippen LogP contribution in [-0.4, -0.2) is 39.7 Å². The smallest absolute Gasteiger partial charge is 0.341 e. The topological polar surface area (TPSA) is 92.8 Å². The molecule has 0 saturated carbocycles. The van der Waals surface area contributed by atoms with Crippen LogP contribution in [0.4, 0.5) is 10.7 Å². The first-order valence-electron chi connectivity index (χ1n) is 9.78. The number of anilines is 2. The zero-order valence-electron chi connectivity index (χ0n) is 17.6. The van der Waals surface area contributed by atoms with Crippen LogP contribution in [0.3, 0.4) is 0 Å². The van der Waals surface area contributed by atoms with Gasteiger partial charge in [-0.1, -0.05) is 6.07 Å². The maximum absolute atomic E-state index is 12.8. The molecule has 1 heterocycles. The highest BCUT2D eigenvalue weighted by Crippen LogP contribution is 2.39. The van der Waals surface area contributed by atoms with Gasteiger partial charge in [-0.2, -0.15) is 0 Å². The number of thiophene rings is 1. The van der Waals surface area contributed by atoms with Crippen molar-refractivity contribution in [3.05, 3.63) is 45.3 Å². The molecule has 1 aromatic heterocycles. The molecule has 1 amide bonds.